The minimum absolute atomic E-state index is 0.217. The van der Waals surface area contributed by atoms with Gasteiger partial charge in [0.05, 0.1) is 11.4 Å². The molecule has 0 aliphatic carbocycles. The number of unbranched alkanes of at least 4 members (excludes halogenated alkanes) is 1. The van der Waals surface area contributed by atoms with E-state index in [2.05, 4.69) is 5.32 Å². The van der Waals surface area contributed by atoms with Gasteiger partial charge in [-0.2, -0.15) is 0 Å². The van der Waals surface area contributed by atoms with Crippen LogP contribution in [0.3, 0.4) is 0 Å². The maximum Gasteiger partial charge on any atom is 0.232 e. The van der Waals surface area contributed by atoms with Crippen LogP contribution in [-0.2, 0) is 10.0 Å². The van der Waals surface area contributed by atoms with E-state index in [0.29, 0.717) is 31.5 Å². The second kappa shape index (κ2) is 7.65. The van der Waals surface area contributed by atoms with Gasteiger partial charge >= 0.3 is 0 Å². The van der Waals surface area contributed by atoms with E-state index in [0.717, 1.165) is 6.07 Å². The highest BCUT2D eigenvalue weighted by Gasteiger charge is 2.18. The summed E-state index contributed by atoms with van der Waals surface area (Å²) in [5.41, 5.74) is -0.589. The summed E-state index contributed by atoms with van der Waals surface area (Å²) in [4.78, 5) is 0. The number of rotatable bonds is 8. The van der Waals surface area contributed by atoms with Gasteiger partial charge in [-0.25, -0.2) is 21.6 Å². The number of nitrogens with one attached hydrogen (secondary N) is 2. The van der Waals surface area contributed by atoms with Gasteiger partial charge in [0.1, 0.15) is 0 Å². The summed E-state index contributed by atoms with van der Waals surface area (Å²) < 4.78 is 64.5. The molecule has 0 atom stereocenters. The fraction of sp³-hybridized carbons (Fsp3) is 0.538. The monoisotopic (exact) mass is 324 g/mol. The van der Waals surface area contributed by atoms with Crippen LogP contribution in [0.25, 0.3) is 0 Å². The largest absolute Gasteiger partial charge is 0.315 e. The van der Waals surface area contributed by atoms with E-state index in [-0.39, 0.29) is 5.75 Å². The molecule has 0 radical (unpaired) electrons. The molecule has 0 saturated carbocycles. The fourth-order valence-corrected chi connectivity index (χ4v) is 2.81. The van der Waals surface area contributed by atoms with Crippen molar-refractivity contribution in [3.8, 4) is 0 Å². The first-order valence-electron chi connectivity index (χ1n) is 6.60. The van der Waals surface area contributed by atoms with Gasteiger partial charge in [0.25, 0.3) is 0 Å². The van der Waals surface area contributed by atoms with Gasteiger partial charge in [-0.1, -0.05) is 13.8 Å². The molecule has 0 spiro atoms. The Morgan fingerprint density at radius 2 is 1.76 bits per heavy atom. The average Bonchev–Trinajstić information content (AvgIpc) is 2.38. The van der Waals surface area contributed by atoms with Gasteiger partial charge in [0.2, 0.25) is 10.0 Å². The van der Waals surface area contributed by atoms with Crippen LogP contribution in [0.5, 0.6) is 0 Å². The molecule has 1 aromatic rings. The quantitative estimate of drug-likeness (QED) is 0.571. The van der Waals surface area contributed by atoms with Gasteiger partial charge in [-0.05, 0) is 31.5 Å². The highest BCUT2D eigenvalue weighted by atomic mass is 32.2. The van der Waals surface area contributed by atoms with E-state index in [1.807, 2.05) is 18.6 Å². The molecule has 21 heavy (non-hydrogen) atoms. The van der Waals surface area contributed by atoms with Crippen molar-refractivity contribution in [2.24, 2.45) is 0 Å². The van der Waals surface area contributed by atoms with Crippen LogP contribution in [0.15, 0.2) is 12.1 Å². The summed E-state index contributed by atoms with van der Waals surface area (Å²) in [7, 11) is -3.79. The predicted octanol–water partition coefficient (Wildman–Crippen LogP) is 2.62. The second-order valence-corrected chi connectivity index (χ2v) is 6.80. The zero-order valence-electron chi connectivity index (χ0n) is 11.9. The van der Waals surface area contributed by atoms with Crippen molar-refractivity contribution in [2.45, 2.75) is 32.7 Å². The normalized spacial score (nSPS) is 11.9. The van der Waals surface area contributed by atoms with Gasteiger partial charge in [-0.15, -0.1) is 0 Å². The lowest BCUT2D eigenvalue weighted by atomic mass is 10.3. The number of halogens is 3. The molecule has 1 rings (SSSR count). The van der Waals surface area contributed by atoms with Gasteiger partial charge < -0.3 is 5.32 Å². The van der Waals surface area contributed by atoms with E-state index in [4.69, 9.17) is 0 Å². The van der Waals surface area contributed by atoms with Crippen LogP contribution < -0.4 is 10.0 Å². The average molecular weight is 324 g/mol. The molecule has 2 N–H and O–H groups in total. The molecule has 8 heteroatoms. The zero-order chi connectivity index (χ0) is 16.0. The molecule has 1 aromatic carbocycles. The minimum Gasteiger partial charge on any atom is -0.315 e. The van der Waals surface area contributed by atoms with Gasteiger partial charge in [0, 0.05) is 6.04 Å². The minimum atomic E-state index is -3.79. The number of hydrogen-bond donors (Lipinski definition) is 2. The van der Waals surface area contributed by atoms with Crippen LogP contribution >= 0.6 is 0 Å². The number of hydrogen-bond acceptors (Lipinski definition) is 3. The fourth-order valence-electron chi connectivity index (χ4n) is 1.63. The molecule has 120 valence electrons. The molecule has 0 unspecified atom stereocenters. The van der Waals surface area contributed by atoms with E-state index in [1.165, 1.54) is 0 Å². The number of sulfonamides is 1. The first-order chi connectivity index (χ1) is 9.73. The van der Waals surface area contributed by atoms with Crippen molar-refractivity contribution in [3.05, 3.63) is 29.6 Å². The smallest absolute Gasteiger partial charge is 0.232 e. The molecule has 0 aliphatic rings. The first kappa shape index (κ1) is 17.8. The Morgan fingerprint density at radius 3 is 2.38 bits per heavy atom. The summed E-state index contributed by atoms with van der Waals surface area (Å²) in [5.74, 6) is -4.82. The molecular formula is C13H19F3N2O2S. The van der Waals surface area contributed by atoms with E-state index in [9.17, 15) is 21.6 Å². The molecule has 0 fully saturated rings. The lowest BCUT2D eigenvalue weighted by molar-refractivity contribution is 0.449. The molecule has 0 saturated heterocycles. The number of benzene rings is 1. The molecule has 0 aromatic heterocycles. The SMILES string of the molecule is CC(C)NCCCCS(=O)(=O)Nc1ccc(F)c(F)c1F. The Morgan fingerprint density at radius 1 is 1.10 bits per heavy atom. The maximum atomic E-state index is 13.4. The maximum absolute atomic E-state index is 13.4. The topological polar surface area (TPSA) is 58.2 Å². The lowest BCUT2D eigenvalue weighted by Gasteiger charge is -2.10. The van der Waals surface area contributed by atoms with Crippen LogP contribution in [0.1, 0.15) is 26.7 Å². The van der Waals surface area contributed by atoms with E-state index >= 15 is 0 Å². The van der Waals surface area contributed by atoms with E-state index < -0.39 is 33.2 Å². The third-order valence-electron chi connectivity index (χ3n) is 2.69. The standard InChI is InChI=1S/C13H19F3N2O2S/c1-9(2)17-7-3-4-8-21(19,20)18-11-6-5-10(14)12(15)13(11)16/h5-6,9,17-18H,3-4,7-8H2,1-2H3. The Labute approximate surface area is 122 Å². The first-order valence-corrected chi connectivity index (χ1v) is 8.25. The van der Waals surface area contributed by atoms with Crippen LogP contribution in [0.2, 0.25) is 0 Å². The zero-order valence-corrected chi connectivity index (χ0v) is 12.7. The van der Waals surface area contributed by atoms with Crippen molar-refractivity contribution in [2.75, 3.05) is 17.0 Å². The van der Waals surface area contributed by atoms with Crippen LogP contribution in [0, 0.1) is 17.5 Å². The van der Waals surface area contributed by atoms with Gasteiger partial charge in [-0.3, -0.25) is 4.72 Å². The summed E-state index contributed by atoms with van der Waals surface area (Å²) in [6.07, 6.45) is 1.01. The molecule has 0 amide bonds. The van der Waals surface area contributed by atoms with Crippen molar-refractivity contribution in [1.82, 2.24) is 5.32 Å². The predicted molar refractivity (Wildman–Crippen MR) is 76.1 cm³/mol. The number of anilines is 1. The Balaban J connectivity index is 2.55. The summed E-state index contributed by atoms with van der Waals surface area (Å²) in [5, 5.41) is 3.14. The second-order valence-electron chi connectivity index (χ2n) is 4.96. The highest BCUT2D eigenvalue weighted by Crippen LogP contribution is 2.20. The summed E-state index contributed by atoms with van der Waals surface area (Å²) in [6, 6.07) is 1.84. The van der Waals surface area contributed by atoms with E-state index in [1.54, 1.807) is 0 Å². The Bertz CT molecular complexity index is 577. The third kappa shape index (κ3) is 5.92. The molecular weight excluding hydrogens is 305 g/mol. The summed E-state index contributed by atoms with van der Waals surface area (Å²) in [6.45, 7) is 4.63. The van der Waals surface area contributed by atoms with Crippen molar-refractivity contribution >= 4 is 15.7 Å². The van der Waals surface area contributed by atoms with Crippen LogP contribution in [0.4, 0.5) is 18.9 Å². The molecule has 0 aliphatic heterocycles. The lowest BCUT2D eigenvalue weighted by Crippen LogP contribution is -2.24. The summed E-state index contributed by atoms with van der Waals surface area (Å²) >= 11 is 0. The van der Waals surface area contributed by atoms with Crippen LogP contribution in [-0.4, -0.2) is 26.8 Å². The molecule has 0 heterocycles. The van der Waals surface area contributed by atoms with Crippen molar-refractivity contribution < 1.29 is 21.6 Å². The van der Waals surface area contributed by atoms with Crippen molar-refractivity contribution in [3.63, 3.8) is 0 Å². The molecule has 4 nitrogen and oxygen atoms in total. The molecule has 0 bridgehead atoms. The highest BCUT2D eigenvalue weighted by molar-refractivity contribution is 7.92. The Kier molecular flexibility index (Phi) is 6.47. The van der Waals surface area contributed by atoms with Crippen molar-refractivity contribution in [1.29, 1.82) is 0 Å². The van der Waals surface area contributed by atoms with Gasteiger partial charge in [0.15, 0.2) is 17.5 Å². The third-order valence-corrected chi connectivity index (χ3v) is 4.05. The Hall–Kier alpha value is -1.28.